The molecule has 0 radical (unpaired) electrons. The average Bonchev–Trinajstić information content (AvgIpc) is 2.95. The highest BCUT2D eigenvalue weighted by Crippen LogP contribution is 2.19. The van der Waals surface area contributed by atoms with Gasteiger partial charge in [0.1, 0.15) is 6.33 Å². The normalized spacial score (nSPS) is 18.5. The van der Waals surface area contributed by atoms with Crippen molar-refractivity contribution < 1.29 is 14.3 Å². The molecule has 1 unspecified atom stereocenters. The number of ether oxygens (including phenoxy) is 1. The maximum atomic E-state index is 12.7. The van der Waals surface area contributed by atoms with Crippen LogP contribution in [0.4, 0.5) is 10.5 Å². The lowest BCUT2D eigenvalue weighted by molar-refractivity contribution is 0.102. The monoisotopic (exact) mass is 529 g/mol. The number of carbonyl (C=O) groups is 2. The van der Waals surface area contributed by atoms with Gasteiger partial charge in [0.15, 0.2) is 0 Å². The van der Waals surface area contributed by atoms with Gasteiger partial charge in [0.25, 0.3) is 5.91 Å². The van der Waals surface area contributed by atoms with Gasteiger partial charge in [-0.25, -0.2) is 19.7 Å². The molecule has 2 fully saturated rings. The van der Waals surface area contributed by atoms with E-state index in [-0.39, 0.29) is 11.8 Å². The molecule has 0 aliphatic carbocycles. The number of nitrogens with one attached hydrogen (secondary N) is 1. The second-order valence-electron chi connectivity index (χ2n) is 10.4. The van der Waals surface area contributed by atoms with Crippen LogP contribution in [0.5, 0.6) is 5.88 Å². The number of aromatic nitrogens is 3. The fraction of sp³-hybridized carbons (Fsp3) is 0.414. The number of nitrogens with zero attached hydrogens (tertiary/aromatic N) is 6. The van der Waals surface area contributed by atoms with E-state index in [0.29, 0.717) is 24.3 Å². The van der Waals surface area contributed by atoms with Crippen LogP contribution in [0.15, 0.2) is 61.2 Å². The Kier molecular flexibility index (Phi) is 8.75. The van der Waals surface area contributed by atoms with Crippen molar-refractivity contribution in [2.45, 2.75) is 32.9 Å². The average molecular weight is 530 g/mol. The molecule has 0 spiro atoms. The van der Waals surface area contributed by atoms with Crippen LogP contribution in [-0.4, -0.2) is 80.9 Å². The molecule has 5 rings (SSSR count). The molecular formula is C29H35N7O3. The van der Waals surface area contributed by atoms with E-state index < -0.39 is 6.09 Å². The summed E-state index contributed by atoms with van der Waals surface area (Å²) in [5.74, 6) is 0.724. The van der Waals surface area contributed by atoms with Gasteiger partial charge in [0.05, 0.1) is 17.6 Å². The van der Waals surface area contributed by atoms with Crippen molar-refractivity contribution in [1.82, 2.24) is 29.7 Å². The number of piperidine rings is 1. The minimum absolute atomic E-state index is 0.192. The second kappa shape index (κ2) is 12.8. The van der Waals surface area contributed by atoms with Gasteiger partial charge in [0, 0.05) is 63.6 Å². The first kappa shape index (κ1) is 26.7. The lowest BCUT2D eigenvalue weighted by atomic mass is 9.99. The zero-order valence-corrected chi connectivity index (χ0v) is 22.3. The van der Waals surface area contributed by atoms with Crippen LogP contribution in [0.1, 0.15) is 41.4 Å². The Bertz CT molecular complexity index is 1230. The molecule has 2 saturated heterocycles. The summed E-state index contributed by atoms with van der Waals surface area (Å²) in [6, 6.07) is 12.9. The van der Waals surface area contributed by atoms with Crippen LogP contribution < -0.4 is 10.1 Å². The summed E-state index contributed by atoms with van der Waals surface area (Å²) >= 11 is 0. The van der Waals surface area contributed by atoms with Gasteiger partial charge in [0.2, 0.25) is 5.88 Å². The third-order valence-corrected chi connectivity index (χ3v) is 7.21. The van der Waals surface area contributed by atoms with Gasteiger partial charge in [-0.2, -0.15) is 0 Å². The standard InChI is InChI=1S/C29H35N7O3/c1-22-3-2-12-35(18-22)19-23-4-6-24(7-5-23)28(37)33-25-8-9-27(31-17-25)39-29(38)36-15-13-34(14-16-36)20-26-10-11-30-21-32-26/h4-11,17,21-22H,2-3,12-16,18-20H2,1H3,(H,33,37). The highest BCUT2D eigenvalue weighted by Gasteiger charge is 2.23. The molecule has 2 aliphatic heterocycles. The van der Waals surface area contributed by atoms with Crippen molar-refractivity contribution in [2.24, 2.45) is 5.92 Å². The van der Waals surface area contributed by atoms with Crippen LogP contribution >= 0.6 is 0 Å². The van der Waals surface area contributed by atoms with Crippen molar-refractivity contribution >= 4 is 17.7 Å². The SMILES string of the molecule is CC1CCCN(Cc2ccc(C(=O)Nc3ccc(OC(=O)N4CCN(Cc5ccncn5)CC4)nc3)cc2)C1. The van der Waals surface area contributed by atoms with E-state index in [4.69, 9.17) is 4.74 Å². The molecule has 2 aliphatic rings. The predicted molar refractivity (Wildman–Crippen MR) is 147 cm³/mol. The molecule has 10 nitrogen and oxygen atoms in total. The van der Waals surface area contributed by atoms with Crippen molar-refractivity contribution in [1.29, 1.82) is 0 Å². The van der Waals surface area contributed by atoms with Crippen LogP contribution in [0.2, 0.25) is 0 Å². The van der Waals surface area contributed by atoms with Crippen LogP contribution in [0.3, 0.4) is 0 Å². The molecule has 10 heteroatoms. The Hall–Kier alpha value is -3.89. The number of rotatable bonds is 7. The largest absolute Gasteiger partial charge is 0.416 e. The lowest BCUT2D eigenvalue weighted by Gasteiger charge is -2.33. The number of likely N-dealkylation sites (tertiary alicyclic amines) is 1. The van der Waals surface area contributed by atoms with Gasteiger partial charge in [-0.1, -0.05) is 19.1 Å². The van der Waals surface area contributed by atoms with Crippen molar-refractivity contribution in [2.75, 3.05) is 44.6 Å². The third kappa shape index (κ3) is 7.58. The fourth-order valence-corrected chi connectivity index (χ4v) is 5.05. The van der Waals surface area contributed by atoms with Gasteiger partial charge >= 0.3 is 6.09 Å². The molecule has 39 heavy (non-hydrogen) atoms. The first-order chi connectivity index (χ1) is 19.0. The Morgan fingerprint density at radius 2 is 1.77 bits per heavy atom. The highest BCUT2D eigenvalue weighted by molar-refractivity contribution is 6.04. The summed E-state index contributed by atoms with van der Waals surface area (Å²) in [5, 5.41) is 2.86. The molecule has 3 aromatic rings. The number of pyridine rings is 1. The smallest absolute Gasteiger partial charge is 0.391 e. The molecule has 0 saturated carbocycles. The Morgan fingerprint density at radius 1 is 0.949 bits per heavy atom. The topological polar surface area (TPSA) is 104 Å². The molecule has 0 bridgehead atoms. The van der Waals surface area contributed by atoms with Gasteiger partial charge in [-0.05, 0) is 55.1 Å². The quantitative estimate of drug-likeness (QED) is 0.495. The van der Waals surface area contributed by atoms with E-state index in [0.717, 1.165) is 50.9 Å². The minimum Gasteiger partial charge on any atom is -0.391 e. The predicted octanol–water partition coefficient (Wildman–Crippen LogP) is 3.67. The minimum atomic E-state index is -0.430. The summed E-state index contributed by atoms with van der Waals surface area (Å²) < 4.78 is 5.45. The van der Waals surface area contributed by atoms with E-state index in [1.54, 1.807) is 29.6 Å². The summed E-state index contributed by atoms with van der Waals surface area (Å²) in [6.07, 6.45) is 6.88. The Morgan fingerprint density at radius 3 is 2.46 bits per heavy atom. The number of hydrogen-bond donors (Lipinski definition) is 1. The molecule has 1 N–H and O–H groups in total. The van der Waals surface area contributed by atoms with Crippen molar-refractivity contribution in [3.63, 3.8) is 0 Å². The third-order valence-electron chi connectivity index (χ3n) is 7.21. The second-order valence-corrected chi connectivity index (χ2v) is 10.4. The van der Waals surface area contributed by atoms with Crippen LogP contribution in [0.25, 0.3) is 0 Å². The summed E-state index contributed by atoms with van der Waals surface area (Å²) in [6.45, 7) is 8.79. The molecule has 1 atom stereocenters. The van der Waals surface area contributed by atoms with E-state index in [1.807, 2.05) is 30.3 Å². The van der Waals surface area contributed by atoms with E-state index in [9.17, 15) is 9.59 Å². The van der Waals surface area contributed by atoms with Gasteiger partial charge < -0.3 is 15.0 Å². The van der Waals surface area contributed by atoms with Crippen molar-refractivity contribution in [3.8, 4) is 5.88 Å². The Balaban J connectivity index is 1.06. The number of amides is 2. The van der Waals surface area contributed by atoms with Crippen LogP contribution in [-0.2, 0) is 13.1 Å². The fourth-order valence-electron chi connectivity index (χ4n) is 5.05. The lowest BCUT2D eigenvalue weighted by Crippen LogP contribution is -2.49. The first-order valence-electron chi connectivity index (χ1n) is 13.5. The number of benzene rings is 1. The summed E-state index contributed by atoms with van der Waals surface area (Å²) in [4.78, 5) is 44.1. The maximum Gasteiger partial charge on any atom is 0.416 e. The Labute approximate surface area is 229 Å². The first-order valence-corrected chi connectivity index (χ1v) is 13.5. The highest BCUT2D eigenvalue weighted by atomic mass is 16.6. The zero-order valence-electron chi connectivity index (χ0n) is 22.3. The molecule has 4 heterocycles. The molecule has 204 valence electrons. The van der Waals surface area contributed by atoms with E-state index in [2.05, 4.69) is 37.0 Å². The number of piperazine rings is 1. The molecular weight excluding hydrogens is 494 g/mol. The molecule has 1 aromatic carbocycles. The van der Waals surface area contributed by atoms with Gasteiger partial charge in [-0.15, -0.1) is 0 Å². The number of carbonyl (C=O) groups excluding carboxylic acids is 2. The number of anilines is 1. The van der Waals surface area contributed by atoms with Crippen LogP contribution in [0, 0.1) is 5.92 Å². The van der Waals surface area contributed by atoms with E-state index >= 15 is 0 Å². The summed E-state index contributed by atoms with van der Waals surface area (Å²) in [7, 11) is 0. The molecule has 2 amide bonds. The molecule has 2 aromatic heterocycles. The zero-order chi connectivity index (χ0) is 27.0. The van der Waals surface area contributed by atoms with E-state index in [1.165, 1.54) is 24.6 Å². The number of hydrogen-bond acceptors (Lipinski definition) is 8. The maximum absolute atomic E-state index is 12.7. The van der Waals surface area contributed by atoms with Gasteiger partial charge in [-0.3, -0.25) is 14.6 Å². The summed E-state index contributed by atoms with van der Waals surface area (Å²) in [5.41, 5.74) is 3.28. The van der Waals surface area contributed by atoms with Crippen molar-refractivity contribution in [3.05, 3.63) is 78.0 Å².